The number of hydrogen-bond donors (Lipinski definition) is 3. The Hall–Kier alpha value is -5.36. The highest BCUT2D eigenvalue weighted by atomic mass is 32.2. The van der Waals surface area contributed by atoms with E-state index in [0.29, 0.717) is 42.2 Å². The molecule has 3 heterocycles. The molecule has 63 heavy (non-hydrogen) atoms. The standard InChI is InChI=1S/C48H42N2O10S3/c1-27-6-8-28(9-7-27)23-50-26-48(4,5)42-44(50)38-21-34(63(55,56)57)16-17-35(38)39-22-40-36-19-30-12-13-32(61-60-59-51)18-31(30)20-37(36)43-41(46(40)58-45(39)42)47(2,3)25-49(43)24-29-10-14-33(15-11-29)62(52,53)54/h6-22H,23-26H2,1-5H3,(H2-,51,52,53,54,55,56,57)/p+1. The monoisotopic (exact) mass is 903 g/mol. The third-order valence-corrected chi connectivity index (χ3v) is 14.9. The van der Waals surface area contributed by atoms with E-state index in [1.54, 1.807) is 24.3 Å². The van der Waals surface area contributed by atoms with Crippen LogP contribution in [0, 0.1) is 6.92 Å². The fourth-order valence-corrected chi connectivity index (χ4v) is 11.4. The molecule has 15 heteroatoms. The second-order valence-corrected chi connectivity index (χ2v) is 21.7. The molecule has 7 aromatic rings. The normalized spacial score (nSPS) is 16.2. The lowest BCUT2D eigenvalue weighted by Crippen LogP contribution is -2.30. The number of anilines is 1. The van der Waals surface area contributed by atoms with Crippen LogP contribution in [0.2, 0.25) is 0 Å². The maximum atomic E-state index is 12.7. The van der Waals surface area contributed by atoms with E-state index in [9.17, 15) is 25.9 Å². The Morgan fingerprint density at radius 3 is 2.11 bits per heavy atom. The zero-order valence-corrected chi connectivity index (χ0v) is 37.4. The van der Waals surface area contributed by atoms with E-state index in [4.69, 9.17) is 14.3 Å². The van der Waals surface area contributed by atoms with Gasteiger partial charge in [-0.15, -0.1) is 4.33 Å². The van der Waals surface area contributed by atoms with Crippen LogP contribution in [0.25, 0.3) is 38.4 Å². The molecule has 3 aliphatic heterocycles. The molecule has 0 amide bonds. The van der Waals surface area contributed by atoms with E-state index in [0.717, 1.165) is 94.4 Å². The number of rotatable bonds is 9. The van der Waals surface area contributed by atoms with Crippen molar-refractivity contribution >= 4 is 76.4 Å². The fraction of sp³-hybridized carbons (Fsp3) is 0.229. The molecule has 12 nitrogen and oxygen atoms in total. The summed E-state index contributed by atoms with van der Waals surface area (Å²) < 4.78 is 83.8. The van der Waals surface area contributed by atoms with Gasteiger partial charge < -0.3 is 9.64 Å². The third kappa shape index (κ3) is 7.07. The number of hydrogen-bond acceptors (Lipinski definition) is 10. The Morgan fingerprint density at radius 1 is 0.730 bits per heavy atom. The van der Waals surface area contributed by atoms with Crippen molar-refractivity contribution in [3.8, 4) is 11.5 Å². The predicted octanol–water partition coefficient (Wildman–Crippen LogP) is 8.59. The first-order valence-corrected chi connectivity index (χ1v) is 23.9. The van der Waals surface area contributed by atoms with Crippen molar-refractivity contribution in [1.29, 1.82) is 0 Å². The first-order chi connectivity index (χ1) is 29.8. The van der Waals surface area contributed by atoms with Crippen LogP contribution in [0.5, 0.6) is 11.5 Å². The van der Waals surface area contributed by atoms with Crippen LogP contribution in [-0.2, 0) is 53.5 Å². The average Bonchev–Trinajstić information content (AvgIpc) is 3.66. The number of nitrogens with zero attached hydrogens (tertiary/aromatic N) is 2. The summed E-state index contributed by atoms with van der Waals surface area (Å²) >= 11 is 0.874. The fourth-order valence-electron chi connectivity index (χ4n) is 10.0. The molecular weight excluding hydrogens is 861 g/mol. The lowest BCUT2D eigenvalue weighted by molar-refractivity contribution is -0.432. The second-order valence-electron chi connectivity index (χ2n) is 18.1. The van der Waals surface area contributed by atoms with Crippen LogP contribution >= 0.6 is 12.0 Å². The first kappa shape index (κ1) is 41.6. The minimum absolute atomic E-state index is 0.180. The summed E-state index contributed by atoms with van der Waals surface area (Å²) in [5.41, 5.74) is 5.98. The van der Waals surface area contributed by atoms with Gasteiger partial charge in [0.05, 0.1) is 43.9 Å². The van der Waals surface area contributed by atoms with Gasteiger partial charge in [-0.3, -0.25) is 9.11 Å². The van der Waals surface area contributed by atoms with Crippen molar-refractivity contribution in [1.82, 2.24) is 4.58 Å². The summed E-state index contributed by atoms with van der Waals surface area (Å²) in [4.78, 5) is 2.63. The number of benzene rings is 7. The summed E-state index contributed by atoms with van der Waals surface area (Å²) in [5.74, 6) is 1.43. The Kier molecular flexibility index (Phi) is 9.64. The lowest BCUT2D eigenvalue weighted by Gasteiger charge is -2.28. The zero-order chi connectivity index (χ0) is 44.4. The number of fused-ring (bicyclic) bond motifs is 13. The van der Waals surface area contributed by atoms with E-state index in [-0.39, 0.29) is 9.79 Å². The molecule has 0 aliphatic carbocycles. The molecule has 0 fully saturated rings. The van der Waals surface area contributed by atoms with Crippen molar-refractivity contribution in [2.24, 2.45) is 0 Å². The van der Waals surface area contributed by atoms with Crippen LogP contribution in [-0.4, -0.2) is 44.3 Å². The smallest absolute Gasteiger partial charge is 0.294 e. The lowest BCUT2D eigenvalue weighted by atomic mass is 9.80. The Bertz CT molecular complexity index is 3480. The molecule has 0 atom stereocenters. The van der Waals surface area contributed by atoms with Gasteiger partial charge in [0.25, 0.3) is 20.2 Å². The van der Waals surface area contributed by atoms with E-state index in [1.807, 2.05) is 25.1 Å². The number of ether oxygens (including phenoxy) is 1. The minimum atomic E-state index is -4.54. The highest BCUT2D eigenvalue weighted by Crippen LogP contribution is 2.55. The Balaban J connectivity index is 1.28. The van der Waals surface area contributed by atoms with Crippen LogP contribution in [0.15, 0.2) is 112 Å². The maximum absolute atomic E-state index is 12.7. The highest BCUT2D eigenvalue weighted by molar-refractivity contribution is 7.94. The molecule has 10 rings (SSSR count). The van der Waals surface area contributed by atoms with Crippen LogP contribution in [0.4, 0.5) is 5.69 Å². The molecule has 0 unspecified atom stereocenters. The van der Waals surface area contributed by atoms with Gasteiger partial charge in [0.2, 0.25) is 5.36 Å². The van der Waals surface area contributed by atoms with Gasteiger partial charge >= 0.3 is 0 Å². The molecule has 7 aromatic carbocycles. The van der Waals surface area contributed by atoms with Crippen LogP contribution in [0.1, 0.15) is 61.1 Å². The van der Waals surface area contributed by atoms with Gasteiger partial charge in [-0.1, -0.05) is 73.0 Å². The van der Waals surface area contributed by atoms with E-state index >= 15 is 0 Å². The molecule has 0 bridgehead atoms. The van der Waals surface area contributed by atoms with Gasteiger partial charge in [0.15, 0.2) is 13.1 Å². The SMILES string of the molecule is Cc1ccc(C[N+]2=c3c(c4c(c5ccc(S(=O)(=O)O)cc35)=Cc3c(c5c(c6cc7cc(SOOO)ccc7cc36)N(Cc3ccc(S(=O)(=O)O)cc3)CC5(C)C)O4)C(C)(C)C2)cc1. The van der Waals surface area contributed by atoms with Crippen molar-refractivity contribution in [2.45, 2.75) is 73.2 Å². The van der Waals surface area contributed by atoms with Gasteiger partial charge in [0, 0.05) is 50.7 Å². The van der Waals surface area contributed by atoms with Crippen LogP contribution < -0.4 is 24.8 Å². The minimum Gasteiger partial charge on any atom is -0.455 e. The van der Waals surface area contributed by atoms with Crippen molar-refractivity contribution < 1.29 is 45.3 Å². The van der Waals surface area contributed by atoms with E-state index in [2.05, 4.69) is 84.7 Å². The van der Waals surface area contributed by atoms with E-state index < -0.39 is 31.1 Å². The second kappa shape index (κ2) is 14.6. The first-order valence-electron chi connectivity index (χ1n) is 20.3. The molecular formula is C48H43N2O10S3+. The summed E-state index contributed by atoms with van der Waals surface area (Å²) in [6.07, 6.45) is 2.17. The molecule has 322 valence electrons. The summed E-state index contributed by atoms with van der Waals surface area (Å²) in [6, 6.07) is 29.5. The predicted molar refractivity (Wildman–Crippen MR) is 243 cm³/mol. The summed E-state index contributed by atoms with van der Waals surface area (Å²) in [6.45, 7) is 13.0. The molecule has 0 aromatic heterocycles. The van der Waals surface area contributed by atoms with Gasteiger partial charge in [-0.05, 0) is 102 Å². The third-order valence-electron chi connectivity index (χ3n) is 12.6. The molecule has 0 saturated carbocycles. The average molecular weight is 904 g/mol. The Labute approximate surface area is 368 Å². The van der Waals surface area contributed by atoms with Gasteiger partial charge in [-0.2, -0.15) is 16.8 Å². The van der Waals surface area contributed by atoms with Gasteiger partial charge in [0.1, 0.15) is 11.5 Å². The summed E-state index contributed by atoms with van der Waals surface area (Å²) in [5, 5.41) is 19.6. The van der Waals surface area contributed by atoms with Crippen molar-refractivity contribution in [3.05, 3.63) is 141 Å². The topological polar surface area (TPSA) is 163 Å². The molecule has 3 N–H and O–H groups in total. The van der Waals surface area contributed by atoms with Crippen molar-refractivity contribution in [3.63, 3.8) is 0 Å². The maximum Gasteiger partial charge on any atom is 0.294 e. The number of aryl methyl sites for hydroxylation is 1. The van der Waals surface area contributed by atoms with Gasteiger partial charge in [-0.25, -0.2) is 9.83 Å². The largest absolute Gasteiger partial charge is 0.455 e. The summed E-state index contributed by atoms with van der Waals surface area (Å²) in [7, 11) is -8.91. The quantitative estimate of drug-likeness (QED) is 0.0316. The Morgan fingerprint density at radius 2 is 1.41 bits per heavy atom. The zero-order valence-electron chi connectivity index (χ0n) is 35.0. The molecule has 0 saturated heterocycles. The highest BCUT2D eigenvalue weighted by Gasteiger charge is 2.46. The molecule has 0 spiro atoms. The molecule has 3 aliphatic rings. The van der Waals surface area contributed by atoms with Crippen molar-refractivity contribution in [2.75, 3.05) is 18.0 Å². The van der Waals surface area contributed by atoms with E-state index in [1.165, 1.54) is 18.2 Å². The molecule has 0 radical (unpaired) electrons. The van der Waals surface area contributed by atoms with Crippen LogP contribution in [0.3, 0.4) is 0 Å².